The van der Waals surface area contributed by atoms with Crippen LogP contribution in [0.4, 0.5) is 5.00 Å². The molecule has 0 bridgehead atoms. The normalized spacial score (nSPS) is 14.1. The monoisotopic (exact) mass is 401 g/mol. The molecule has 1 aromatic carbocycles. The standard InChI is InChI=1S/C22H27NO4S/c1-4-14(2)15-9-5-7-11-17(15)27-13-19(24)23-21-20(22(25)26-3)16-10-6-8-12-18(16)28-21/h5,7,9,11,14H,4,6,8,10,12-13H2,1-3H3,(H,23,24)/t14-/m1/s1. The Morgan fingerprint density at radius 3 is 2.71 bits per heavy atom. The number of nitrogens with one attached hydrogen (secondary N) is 1. The van der Waals surface area contributed by atoms with Crippen LogP contribution < -0.4 is 10.1 Å². The fraction of sp³-hybridized carbons (Fsp3) is 0.455. The lowest BCUT2D eigenvalue weighted by atomic mass is 9.95. The number of carbonyl (C=O) groups is 2. The van der Waals surface area contributed by atoms with E-state index in [1.54, 1.807) is 0 Å². The lowest BCUT2D eigenvalue weighted by molar-refractivity contribution is -0.118. The molecule has 2 aromatic rings. The lowest BCUT2D eigenvalue weighted by Gasteiger charge is -2.15. The third-order valence-electron chi connectivity index (χ3n) is 5.23. The Morgan fingerprint density at radius 2 is 1.96 bits per heavy atom. The molecule has 1 heterocycles. The highest BCUT2D eigenvalue weighted by atomic mass is 32.1. The van der Waals surface area contributed by atoms with Crippen LogP contribution in [-0.2, 0) is 22.4 Å². The molecule has 0 radical (unpaired) electrons. The van der Waals surface area contributed by atoms with E-state index in [4.69, 9.17) is 9.47 Å². The number of para-hydroxylation sites is 1. The Kier molecular flexibility index (Phi) is 6.73. The van der Waals surface area contributed by atoms with E-state index in [2.05, 4.69) is 19.2 Å². The van der Waals surface area contributed by atoms with E-state index in [-0.39, 0.29) is 12.5 Å². The molecule has 150 valence electrons. The van der Waals surface area contributed by atoms with Crippen molar-refractivity contribution in [3.8, 4) is 5.75 Å². The molecule has 1 atom stereocenters. The number of hydrogen-bond donors (Lipinski definition) is 1. The van der Waals surface area contributed by atoms with Gasteiger partial charge in [-0.1, -0.05) is 32.0 Å². The number of carbonyl (C=O) groups excluding carboxylic acids is 2. The van der Waals surface area contributed by atoms with E-state index in [0.29, 0.717) is 16.5 Å². The second-order valence-electron chi connectivity index (χ2n) is 7.09. The van der Waals surface area contributed by atoms with Crippen LogP contribution in [0.2, 0.25) is 0 Å². The average molecular weight is 402 g/mol. The van der Waals surface area contributed by atoms with Gasteiger partial charge in [0.2, 0.25) is 0 Å². The predicted octanol–water partition coefficient (Wildman–Crippen LogP) is 4.94. The minimum absolute atomic E-state index is 0.101. The molecule has 0 unspecified atom stereocenters. The first-order valence-corrected chi connectivity index (χ1v) is 10.6. The topological polar surface area (TPSA) is 64.6 Å². The van der Waals surface area contributed by atoms with Crippen LogP contribution in [0.3, 0.4) is 0 Å². The molecule has 1 amide bonds. The molecule has 1 aliphatic carbocycles. The Balaban J connectivity index is 1.73. The van der Waals surface area contributed by atoms with Crippen molar-refractivity contribution < 1.29 is 19.1 Å². The zero-order valence-corrected chi connectivity index (χ0v) is 17.5. The molecule has 0 saturated heterocycles. The third kappa shape index (κ3) is 4.38. The smallest absolute Gasteiger partial charge is 0.341 e. The predicted molar refractivity (Wildman–Crippen MR) is 112 cm³/mol. The minimum atomic E-state index is -0.391. The number of hydrogen-bond acceptors (Lipinski definition) is 5. The van der Waals surface area contributed by atoms with E-state index in [9.17, 15) is 9.59 Å². The summed E-state index contributed by atoms with van der Waals surface area (Å²) in [7, 11) is 1.37. The number of anilines is 1. The van der Waals surface area contributed by atoms with Crippen LogP contribution in [0.15, 0.2) is 24.3 Å². The summed E-state index contributed by atoms with van der Waals surface area (Å²) in [6.45, 7) is 4.17. The summed E-state index contributed by atoms with van der Waals surface area (Å²) in [5, 5.41) is 3.44. The molecule has 1 aromatic heterocycles. The van der Waals surface area contributed by atoms with Gasteiger partial charge >= 0.3 is 5.97 Å². The van der Waals surface area contributed by atoms with E-state index >= 15 is 0 Å². The average Bonchev–Trinajstić information content (AvgIpc) is 3.09. The highest BCUT2D eigenvalue weighted by molar-refractivity contribution is 7.17. The molecule has 3 rings (SSSR count). The first-order chi connectivity index (χ1) is 13.5. The Bertz CT molecular complexity index is 858. The highest BCUT2D eigenvalue weighted by Crippen LogP contribution is 2.38. The molecule has 28 heavy (non-hydrogen) atoms. The van der Waals surface area contributed by atoms with Crippen LogP contribution in [0, 0.1) is 0 Å². The SMILES string of the molecule is CC[C@@H](C)c1ccccc1OCC(=O)Nc1sc2c(c1C(=O)OC)CCCC2. The van der Waals surface area contributed by atoms with Crippen molar-refractivity contribution in [2.24, 2.45) is 0 Å². The van der Waals surface area contributed by atoms with Crippen molar-refractivity contribution in [2.75, 3.05) is 19.0 Å². The summed E-state index contributed by atoms with van der Waals surface area (Å²) >= 11 is 1.48. The number of fused-ring (bicyclic) bond motifs is 1. The molecule has 0 spiro atoms. The second kappa shape index (κ2) is 9.24. The summed E-state index contributed by atoms with van der Waals surface area (Å²) in [6, 6.07) is 7.80. The molecular weight excluding hydrogens is 374 g/mol. The zero-order valence-electron chi connectivity index (χ0n) is 16.7. The molecule has 1 aliphatic rings. The van der Waals surface area contributed by atoms with E-state index in [1.165, 1.54) is 23.3 Å². The van der Waals surface area contributed by atoms with Gasteiger partial charge in [-0.2, -0.15) is 0 Å². The van der Waals surface area contributed by atoms with Gasteiger partial charge in [0, 0.05) is 4.88 Å². The summed E-state index contributed by atoms with van der Waals surface area (Å²) in [4.78, 5) is 26.0. The van der Waals surface area contributed by atoms with Crippen molar-refractivity contribution in [1.82, 2.24) is 0 Å². The minimum Gasteiger partial charge on any atom is -0.483 e. The lowest BCUT2D eigenvalue weighted by Crippen LogP contribution is -2.21. The largest absolute Gasteiger partial charge is 0.483 e. The van der Waals surface area contributed by atoms with Gasteiger partial charge in [-0.3, -0.25) is 4.79 Å². The zero-order chi connectivity index (χ0) is 20.1. The van der Waals surface area contributed by atoms with Crippen LogP contribution >= 0.6 is 11.3 Å². The Labute approximate surface area is 170 Å². The molecule has 0 fully saturated rings. The molecule has 5 nitrogen and oxygen atoms in total. The van der Waals surface area contributed by atoms with Gasteiger partial charge in [0.15, 0.2) is 6.61 Å². The van der Waals surface area contributed by atoms with Crippen LogP contribution in [0.25, 0.3) is 0 Å². The number of ether oxygens (including phenoxy) is 2. The molecule has 1 N–H and O–H groups in total. The molecule has 6 heteroatoms. The van der Waals surface area contributed by atoms with Crippen LogP contribution in [0.1, 0.15) is 65.4 Å². The van der Waals surface area contributed by atoms with Gasteiger partial charge in [0.25, 0.3) is 5.91 Å². The van der Waals surface area contributed by atoms with E-state index in [1.807, 2.05) is 24.3 Å². The fourth-order valence-corrected chi connectivity index (χ4v) is 4.81. The van der Waals surface area contributed by atoms with Gasteiger partial charge in [-0.15, -0.1) is 11.3 Å². The number of benzene rings is 1. The summed E-state index contributed by atoms with van der Waals surface area (Å²) in [5.74, 6) is 0.417. The number of methoxy groups -OCH3 is 1. The number of aryl methyl sites for hydroxylation is 1. The van der Waals surface area contributed by atoms with Gasteiger partial charge in [0.05, 0.1) is 12.7 Å². The maximum absolute atomic E-state index is 12.5. The van der Waals surface area contributed by atoms with Crippen molar-refractivity contribution in [3.05, 3.63) is 45.8 Å². The number of esters is 1. The first kappa shape index (κ1) is 20.4. The van der Waals surface area contributed by atoms with Crippen molar-refractivity contribution >= 4 is 28.2 Å². The van der Waals surface area contributed by atoms with Crippen molar-refractivity contribution in [2.45, 2.75) is 51.9 Å². The molecule has 0 saturated carbocycles. The summed E-state index contributed by atoms with van der Waals surface area (Å²) < 4.78 is 10.8. The second-order valence-corrected chi connectivity index (χ2v) is 8.20. The first-order valence-electron chi connectivity index (χ1n) is 9.79. The Morgan fingerprint density at radius 1 is 1.21 bits per heavy atom. The maximum Gasteiger partial charge on any atom is 0.341 e. The van der Waals surface area contributed by atoms with E-state index < -0.39 is 5.97 Å². The molecular formula is C22H27NO4S. The van der Waals surface area contributed by atoms with Crippen molar-refractivity contribution in [3.63, 3.8) is 0 Å². The van der Waals surface area contributed by atoms with Gasteiger partial charge < -0.3 is 14.8 Å². The molecule has 0 aliphatic heterocycles. The fourth-order valence-electron chi connectivity index (χ4n) is 3.52. The summed E-state index contributed by atoms with van der Waals surface area (Å²) in [6.07, 6.45) is 4.95. The highest BCUT2D eigenvalue weighted by Gasteiger charge is 2.27. The summed E-state index contributed by atoms with van der Waals surface area (Å²) in [5.41, 5.74) is 2.64. The van der Waals surface area contributed by atoms with Gasteiger partial charge in [0.1, 0.15) is 10.8 Å². The van der Waals surface area contributed by atoms with Gasteiger partial charge in [-0.25, -0.2) is 4.79 Å². The van der Waals surface area contributed by atoms with Crippen molar-refractivity contribution in [1.29, 1.82) is 0 Å². The maximum atomic E-state index is 12.5. The third-order valence-corrected chi connectivity index (χ3v) is 6.44. The van der Waals surface area contributed by atoms with E-state index in [0.717, 1.165) is 49.0 Å². The van der Waals surface area contributed by atoms with Gasteiger partial charge in [-0.05, 0) is 55.2 Å². The quantitative estimate of drug-likeness (QED) is 0.667. The Hall–Kier alpha value is -2.34. The number of thiophene rings is 1. The number of rotatable bonds is 7. The van der Waals surface area contributed by atoms with Crippen LogP contribution in [-0.4, -0.2) is 25.6 Å². The number of amides is 1. The van der Waals surface area contributed by atoms with Crippen LogP contribution in [0.5, 0.6) is 5.75 Å².